The predicted molar refractivity (Wildman–Crippen MR) is 176 cm³/mol. The van der Waals surface area contributed by atoms with Gasteiger partial charge in [-0.1, -0.05) is 55.8 Å². The summed E-state index contributed by atoms with van der Waals surface area (Å²) in [5.41, 5.74) is 4.71. The average Bonchev–Trinajstić information content (AvgIpc) is 2.91. The first-order chi connectivity index (χ1) is 20.7. The summed E-state index contributed by atoms with van der Waals surface area (Å²) in [6.45, 7) is 9.98. The van der Waals surface area contributed by atoms with Gasteiger partial charge in [0.2, 0.25) is 0 Å². The number of Topliss-reactive ketones (excluding diaryl/α,β-unsaturated/α-hetero) is 2. The number of halogens is 2. The second kappa shape index (κ2) is 12.6. The molecule has 3 aliphatic rings. The van der Waals surface area contributed by atoms with E-state index in [4.69, 9.17) is 9.47 Å². The molecule has 5 rings (SSSR count). The number of carboxylic acid groups (broad SMARTS) is 1. The summed E-state index contributed by atoms with van der Waals surface area (Å²) in [7, 11) is 1.69. The van der Waals surface area contributed by atoms with Gasteiger partial charge in [0.15, 0.2) is 11.6 Å². The second-order valence-corrected chi connectivity index (χ2v) is 15.4. The molecule has 1 N–H and O–H groups in total. The van der Waals surface area contributed by atoms with E-state index in [0.717, 1.165) is 46.3 Å². The topological polar surface area (TPSA) is 93.1 Å². The minimum absolute atomic E-state index is 0.0634. The number of methoxy groups -OCH3 is 1. The standard InChI is InChI=1S/C35H39Br2NO6/c1-34(2)15-25-30(27(39)17-34)29(31-26(38(25)11-6-12-43-5)16-35(3,4)18-28(31)40)23-13-22(36)14-24(37)32(23)44-19-20-7-9-21(10-8-20)33(41)42/h7-10,13-14,29H,6,11-12,15-19H2,1-5H3,(H,41,42). The quantitative estimate of drug-likeness (QED) is 0.260. The summed E-state index contributed by atoms with van der Waals surface area (Å²) in [4.78, 5) is 42.0. The van der Waals surface area contributed by atoms with Crippen molar-refractivity contribution in [2.75, 3.05) is 20.3 Å². The minimum atomic E-state index is -0.988. The number of hydrogen-bond acceptors (Lipinski definition) is 6. The van der Waals surface area contributed by atoms with Crippen molar-refractivity contribution in [2.24, 2.45) is 10.8 Å². The van der Waals surface area contributed by atoms with Gasteiger partial charge in [-0.3, -0.25) is 9.59 Å². The lowest BCUT2D eigenvalue weighted by Crippen LogP contribution is -2.45. The Hall–Kier alpha value is -2.75. The van der Waals surface area contributed by atoms with E-state index < -0.39 is 11.9 Å². The van der Waals surface area contributed by atoms with Crippen LogP contribution in [0.25, 0.3) is 0 Å². The Morgan fingerprint density at radius 2 is 1.50 bits per heavy atom. The molecule has 0 aromatic heterocycles. The summed E-state index contributed by atoms with van der Waals surface area (Å²) >= 11 is 7.37. The van der Waals surface area contributed by atoms with Crippen LogP contribution in [0.2, 0.25) is 0 Å². The van der Waals surface area contributed by atoms with E-state index in [0.29, 0.717) is 47.4 Å². The summed E-state index contributed by atoms with van der Waals surface area (Å²) in [6.07, 6.45) is 3.03. The number of carboxylic acids is 1. The molecule has 2 aliphatic carbocycles. The Kier molecular flexibility index (Phi) is 9.32. The van der Waals surface area contributed by atoms with E-state index in [9.17, 15) is 19.5 Å². The van der Waals surface area contributed by atoms with Crippen LogP contribution < -0.4 is 4.74 Å². The molecule has 1 aliphatic heterocycles. The van der Waals surface area contributed by atoms with E-state index in [1.165, 1.54) is 0 Å². The highest BCUT2D eigenvalue weighted by atomic mass is 79.9. The first-order valence-corrected chi connectivity index (χ1v) is 16.5. The van der Waals surface area contributed by atoms with Crippen LogP contribution in [0.3, 0.4) is 0 Å². The van der Waals surface area contributed by atoms with Crippen molar-refractivity contribution in [3.63, 3.8) is 0 Å². The van der Waals surface area contributed by atoms with Crippen LogP contribution in [0, 0.1) is 10.8 Å². The van der Waals surface area contributed by atoms with Crippen LogP contribution in [-0.2, 0) is 20.9 Å². The van der Waals surface area contributed by atoms with Crippen LogP contribution in [0.5, 0.6) is 5.75 Å². The van der Waals surface area contributed by atoms with E-state index in [1.807, 2.05) is 12.1 Å². The molecule has 0 unspecified atom stereocenters. The highest BCUT2D eigenvalue weighted by Crippen LogP contribution is 2.56. The van der Waals surface area contributed by atoms with Crippen molar-refractivity contribution in [2.45, 2.75) is 72.3 Å². The molecular weight excluding hydrogens is 690 g/mol. The highest BCUT2D eigenvalue weighted by Gasteiger charge is 2.49. The SMILES string of the molecule is COCCCN1C2=C(C(=O)CC(C)(C)C2)C(c2cc(Br)cc(Br)c2OCc2ccc(C(=O)O)cc2)C2=C1CC(C)(C)CC2=O. The van der Waals surface area contributed by atoms with Gasteiger partial charge >= 0.3 is 5.97 Å². The fraction of sp³-hybridized carbons (Fsp3) is 0.457. The molecule has 44 heavy (non-hydrogen) atoms. The van der Waals surface area contributed by atoms with Crippen LogP contribution in [-0.4, -0.2) is 47.8 Å². The van der Waals surface area contributed by atoms with Gasteiger partial charge in [-0.05, 0) is 75.9 Å². The van der Waals surface area contributed by atoms with Gasteiger partial charge in [-0.25, -0.2) is 4.79 Å². The number of carbonyl (C=O) groups excluding carboxylic acids is 2. The maximum absolute atomic E-state index is 14.2. The zero-order chi connectivity index (χ0) is 32.0. The lowest BCUT2D eigenvalue weighted by atomic mass is 9.63. The lowest BCUT2D eigenvalue weighted by Gasteiger charge is -2.49. The molecule has 9 heteroatoms. The Bertz CT molecular complexity index is 1520. The number of rotatable bonds is 9. The molecule has 234 valence electrons. The van der Waals surface area contributed by atoms with Gasteiger partial charge in [0.05, 0.1) is 10.0 Å². The maximum Gasteiger partial charge on any atom is 0.335 e. The fourth-order valence-corrected chi connectivity index (χ4v) is 8.21. The number of aromatic carboxylic acids is 1. The normalized spacial score (nSPS) is 19.7. The third kappa shape index (κ3) is 6.60. The number of benzene rings is 2. The van der Waals surface area contributed by atoms with E-state index >= 15 is 0 Å². The molecule has 2 aromatic rings. The molecule has 0 fully saturated rings. The molecule has 2 aromatic carbocycles. The van der Waals surface area contributed by atoms with Crippen molar-refractivity contribution < 1.29 is 29.0 Å². The van der Waals surface area contributed by atoms with Crippen molar-refractivity contribution in [1.82, 2.24) is 4.90 Å². The Labute approximate surface area is 275 Å². The van der Waals surface area contributed by atoms with Gasteiger partial charge in [0, 0.05) is 71.6 Å². The van der Waals surface area contributed by atoms with Gasteiger partial charge in [-0.15, -0.1) is 0 Å². The molecule has 0 saturated carbocycles. The summed E-state index contributed by atoms with van der Waals surface area (Å²) in [5, 5.41) is 9.29. The average molecular weight is 730 g/mol. The molecule has 0 radical (unpaired) electrons. The monoisotopic (exact) mass is 727 g/mol. The zero-order valence-electron chi connectivity index (χ0n) is 25.9. The lowest BCUT2D eigenvalue weighted by molar-refractivity contribution is -0.119. The second-order valence-electron chi connectivity index (χ2n) is 13.6. The maximum atomic E-state index is 14.2. The first-order valence-electron chi connectivity index (χ1n) is 14.9. The molecule has 0 atom stereocenters. The van der Waals surface area contributed by atoms with Crippen molar-refractivity contribution in [1.29, 1.82) is 0 Å². The molecule has 1 heterocycles. The number of ether oxygens (including phenoxy) is 2. The molecule has 0 amide bonds. The Morgan fingerprint density at radius 1 is 0.932 bits per heavy atom. The summed E-state index contributed by atoms with van der Waals surface area (Å²) in [5.74, 6) is -0.869. The summed E-state index contributed by atoms with van der Waals surface area (Å²) in [6, 6.07) is 10.4. The largest absolute Gasteiger partial charge is 0.487 e. The van der Waals surface area contributed by atoms with Crippen LogP contribution in [0.15, 0.2) is 67.9 Å². The molecule has 0 spiro atoms. The predicted octanol–water partition coefficient (Wildman–Crippen LogP) is 8.21. The van der Waals surface area contributed by atoms with E-state index in [2.05, 4.69) is 64.5 Å². The van der Waals surface area contributed by atoms with Gasteiger partial charge in [0.1, 0.15) is 12.4 Å². The number of carbonyl (C=O) groups is 3. The molecule has 0 bridgehead atoms. The molecular formula is C35H39Br2NO6. The first kappa shape index (κ1) is 32.6. The van der Waals surface area contributed by atoms with Gasteiger partial charge < -0.3 is 19.5 Å². The third-order valence-corrected chi connectivity index (χ3v) is 9.73. The van der Waals surface area contributed by atoms with Crippen molar-refractivity contribution in [3.8, 4) is 5.75 Å². The Balaban J connectivity index is 1.68. The van der Waals surface area contributed by atoms with Gasteiger partial charge in [0.25, 0.3) is 0 Å². The number of ketones is 2. The number of allylic oxidation sites excluding steroid dienone is 4. The third-order valence-electron chi connectivity index (χ3n) is 8.68. The van der Waals surface area contributed by atoms with Crippen molar-refractivity contribution in [3.05, 3.63) is 84.6 Å². The smallest absolute Gasteiger partial charge is 0.335 e. The van der Waals surface area contributed by atoms with E-state index in [-0.39, 0.29) is 34.6 Å². The van der Waals surface area contributed by atoms with E-state index in [1.54, 1.807) is 31.4 Å². The van der Waals surface area contributed by atoms with Gasteiger partial charge in [-0.2, -0.15) is 0 Å². The molecule has 7 nitrogen and oxygen atoms in total. The summed E-state index contributed by atoms with van der Waals surface area (Å²) < 4.78 is 13.4. The fourth-order valence-electron chi connectivity index (χ4n) is 6.84. The zero-order valence-corrected chi connectivity index (χ0v) is 29.1. The van der Waals surface area contributed by atoms with Crippen LogP contribution in [0.4, 0.5) is 0 Å². The van der Waals surface area contributed by atoms with Crippen LogP contribution >= 0.6 is 31.9 Å². The Morgan fingerprint density at radius 3 is 2.02 bits per heavy atom. The van der Waals surface area contributed by atoms with Crippen molar-refractivity contribution >= 4 is 49.4 Å². The minimum Gasteiger partial charge on any atom is -0.487 e. The number of hydrogen-bond donors (Lipinski definition) is 1. The number of nitrogens with zero attached hydrogens (tertiary/aromatic N) is 1. The van der Waals surface area contributed by atoms with Crippen LogP contribution in [0.1, 0.15) is 87.2 Å². The highest BCUT2D eigenvalue weighted by molar-refractivity contribution is 9.11. The molecule has 0 saturated heterocycles.